The normalized spacial score (nSPS) is 10.3. The van der Waals surface area contributed by atoms with Crippen molar-refractivity contribution in [2.45, 2.75) is 19.9 Å². The number of thiazole rings is 1. The minimum Gasteiger partial charge on any atom is -0.384 e. The van der Waals surface area contributed by atoms with E-state index in [9.17, 15) is 4.79 Å². The van der Waals surface area contributed by atoms with Crippen LogP contribution in [0.1, 0.15) is 28.6 Å². The highest BCUT2D eigenvalue weighted by Gasteiger charge is 2.12. The standard InChI is InChI=1S/C14H16ClN3OS/c1-2-5-17-13-4-3-10(15)6-12(13)14(19)18-8-11-7-16-9-20-11/h3-4,6-7,9,17H,2,5,8H2,1H3,(H,18,19). The van der Waals surface area contributed by atoms with E-state index in [1.807, 2.05) is 6.07 Å². The molecule has 0 aliphatic heterocycles. The maximum Gasteiger partial charge on any atom is 0.253 e. The van der Waals surface area contributed by atoms with Gasteiger partial charge in [-0.3, -0.25) is 9.78 Å². The van der Waals surface area contributed by atoms with E-state index < -0.39 is 0 Å². The maximum absolute atomic E-state index is 12.3. The Bertz CT molecular complexity index is 572. The molecule has 4 nitrogen and oxygen atoms in total. The molecule has 1 amide bonds. The number of nitrogens with one attached hydrogen (secondary N) is 2. The minimum absolute atomic E-state index is 0.139. The number of nitrogens with zero attached hydrogens (tertiary/aromatic N) is 1. The Morgan fingerprint density at radius 3 is 3.00 bits per heavy atom. The van der Waals surface area contributed by atoms with Crippen molar-refractivity contribution in [1.29, 1.82) is 0 Å². The number of hydrogen-bond acceptors (Lipinski definition) is 4. The quantitative estimate of drug-likeness (QED) is 0.858. The van der Waals surface area contributed by atoms with Gasteiger partial charge in [-0.15, -0.1) is 11.3 Å². The van der Waals surface area contributed by atoms with Crippen LogP contribution in [0.5, 0.6) is 0 Å². The van der Waals surface area contributed by atoms with Crippen molar-refractivity contribution in [3.05, 3.63) is 45.4 Å². The van der Waals surface area contributed by atoms with Gasteiger partial charge in [-0.05, 0) is 24.6 Å². The SMILES string of the molecule is CCCNc1ccc(Cl)cc1C(=O)NCc1cncs1. The third-order valence-corrected chi connectivity index (χ3v) is 3.71. The van der Waals surface area contributed by atoms with Crippen LogP contribution in [0.3, 0.4) is 0 Å². The number of benzene rings is 1. The van der Waals surface area contributed by atoms with Crippen LogP contribution >= 0.6 is 22.9 Å². The molecular weight excluding hydrogens is 294 g/mol. The van der Waals surface area contributed by atoms with Crippen molar-refractivity contribution in [2.75, 3.05) is 11.9 Å². The van der Waals surface area contributed by atoms with E-state index in [0.717, 1.165) is 23.5 Å². The van der Waals surface area contributed by atoms with Gasteiger partial charge in [-0.1, -0.05) is 18.5 Å². The van der Waals surface area contributed by atoms with E-state index in [2.05, 4.69) is 22.5 Å². The summed E-state index contributed by atoms with van der Waals surface area (Å²) in [6, 6.07) is 5.29. The van der Waals surface area contributed by atoms with Crippen LogP contribution in [-0.2, 0) is 6.54 Å². The van der Waals surface area contributed by atoms with Gasteiger partial charge in [0.2, 0.25) is 0 Å². The Labute approximate surface area is 127 Å². The molecule has 106 valence electrons. The monoisotopic (exact) mass is 309 g/mol. The van der Waals surface area contributed by atoms with Gasteiger partial charge in [0.15, 0.2) is 0 Å². The summed E-state index contributed by atoms with van der Waals surface area (Å²) >= 11 is 7.49. The topological polar surface area (TPSA) is 54.0 Å². The average molecular weight is 310 g/mol. The van der Waals surface area contributed by atoms with Crippen LogP contribution < -0.4 is 10.6 Å². The van der Waals surface area contributed by atoms with E-state index in [-0.39, 0.29) is 5.91 Å². The van der Waals surface area contributed by atoms with Gasteiger partial charge < -0.3 is 10.6 Å². The largest absolute Gasteiger partial charge is 0.384 e. The lowest BCUT2D eigenvalue weighted by Gasteiger charge is -2.12. The van der Waals surface area contributed by atoms with E-state index in [0.29, 0.717) is 17.1 Å². The predicted octanol–water partition coefficient (Wildman–Crippen LogP) is 3.55. The molecular formula is C14H16ClN3OS. The predicted molar refractivity (Wildman–Crippen MR) is 83.5 cm³/mol. The number of carbonyl (C=O) groups excluding carboxylic acids is 1. The van der Waals surface area contributed by atoms with Gasteiger partial charge in [0.25, 0.3) is 5.91 Å². The summed E-state index contributed by atoms with van der Waals surface area (Å²) in [4.78, 5) is 17.2. The summed E-state index contributed by atoms with van der Waals surface area (Å²) in [6.45, 7) is 3.37. The molecule has 0 bridgehead atoms. The molecule has 0 aliphatic carbocycles. The van der Waals surface area contributed by atoms with Crippen LogP contribution in [0.4, 0.5) is 5.69 Å². The average Bonchev–Trinajstić information content (AvgIpc) is 2.96. The fraction of sp³-hybridized carbons (Fsp3) is 0.286. The van der Waals surface area contributed by atoms with Crippen LogP contribution in [0.25, 0.3) is 0 Å². The first kappa shape index (κ1) is 14.8. The first-order chi connectivity index (χ1) is 9.70. The van der Waals surface area contributed by atoms with Crippen molar-refractivity contribution in [3.8, 4) is 0 Å². The first-order valence-corrected chi connectivity index (χ1v) is 7.65. The van der Waals surface area contributed by atoms with E-state index in [4.69, 9.17) is 11.6 Å². The van der Waals surface area contributed by atoms with Crippen molar-refractivity contribution < 1.29 is 4.79 Å². The highest BCUT2D eigenvalue weighted by Crippen LogP contribution is 2.21. The molecule has 0 spiro atoms. The second-order valence-corrected chi connectivity index (χ2v) is 5.67. The Morgan fingerprint density at radius 2 is 2.30 bits per heavy atom. The second kappa shape index (κ2) is 7.26. The fourth-order valence-electron chi connectivity index (χ4n) is 1.71. The molecule has 2 rings (SSSR count). The zero-order chi connectivity index (χ0) is 14.4. The minimum atomic E-state index is -0.139. The Hall–Kier alpha value is -1.59. The van der Waals surface area contributed by atoms with Gasteiger partial charge in [-0.25, -0.2) is 0 Å². The van der Waals surface area contributed by atoms with Gasteiger partial charge in [-0.2, -0.15) is 0 Å². The number of aromatic nitrogens is 1. The van der Waals surface area contributed by atoms with Crippen LogP contribution in [0.15, 0.2) is 29.9 Å². The van der Waals surface area contributed by atoms with Crippen molar-refractivity contribution in [2.24, 2.45) is 0 Å². The molecule has 0 saturated carbocycles. The lowest BCUT2D eigenvalue weighted by Crippen LogP contribution is -2.23. The molecule has 0 aliphatic rings. The molecule has 2 N–H and O–H groups in total. The van der Waals surface area contributed by atoms with Crippen LogP contribution in [-0.4, -0.2) is 17.4 Å². The van der Waals surface area contributed by atoms with Crippen molar-refractivity contribution >= 4 is 34.5 Å². The molecule has 2 aromatic rings. The van der Waals surface area contributed by atoms with E-state index in [1.165, 1.54) is 11.3 Å². The fourth-order valence-corrected chi connectivity index (χ4v) is 2.42. The lowest BCUT2D eigenvalue weighted by molar-refractivity contribution is 0.0952. The third kappa shape index (κ3) is 3.95. The maximum atomic E-state index is 12.3. The van der Waals surface area contributed by atoms with Gasteiger partial charge in [0.1, 0.15) is 0 Å². The smallest absolute Gasteiger partial charge is 0.253 e. The number of amides is 1. The molecule has 6 heteroatoms. The van der Waals surface area contributed by atoms with Crippen LogP contribution in [0, 0.1) is 0 Å². The van der Waals surface area contributed by atoms with Crippen molar-refractivity contribution in [1.82, 2.24) is 10.3 Å². The Morgan fingerprint density at radius 1 is 1.45 bits per heavy atom. The zero-order valence-electron chi connectivity index (χ0n) is 11.1. The van der Waals surface area contributed by atoms with Crippen molar-refractivity contribution in [3.63, 3.8) is 0 Å². The molecule has 0 saturated heterocycles. The lowest BCUT2D eigenvalue weighted by atomic mass is 10.1. The van der Waals surface area contributed by atoms with Gasteiger partial charge >= 0.3 is 0 Å². The number of carbonyl (C=O) groups is 1. The molecule has 0 fully saturated rings. The molecule has 0 atom stereocenters. The second-order valence-electron chi connectivity index (χ2n) is 4.27. The molecule has 0 radical (unpaired) electrons. The van der Waals surface area contributed by atoms with Gasteiger partial charge in [0, 0.05) is 28.3 Å². The number of anilines is 1. The molecule has 1 aromatic heterocycles. The summed E-state index contributed by atoms with van der Waals surface area (Å²) in [5.41, 5.74) is 3.11. The summed E-state index contributed by atoms with van der Waals surface area (Å²) in [7, 11) is 0. The Balaban J connectivity index is 2.08. The molecule has 1 aromatic carbocycles. The highest BCUT2D eigenvalue weighted by molar-refractivity contribution is 7.09. The highest BCUT2D eigenvalue weighted by atomic mass is 35.5. The number of halogens is 1. The van der Waals surface area contributed by atoms with E-state index in [1.54, 1.807) is 23.8 Å². The third-order valence-electron chi connectivity index (χ3n) is 2.70. The zero-order valence-corrected chi connectivity index (χ0v) is 12.7. The summed E-state index contributed by atoms with van der Waals surface area (Å²) in [5.74, 6) is -0.139. The Kier molecular flexibility index (Phi) is 5.38. The first-order valence-electron chi connectivity index (χ1n) is 6.39. The summed E-state index contributed by atoms with van der Waals surface area (Å²) in [6.07, 6.45) is 2.74. The van der Waals surface area contributed by atoms with Gasteiger partial charge in [0.05, 0.1) is 17.6 Å². The number of hydrogen-bond donors (Lipinski definition) is 2. The van der Waals surface area contributed by atoms with Crippen LogP contribution in [0.2, 0.25) is 5.02 Å². The molecule has 1 heterocycles. The molecule has 0 unspecified atom stereocenters. The molecule has 20 heavy (non-hydrogen) atoms. The summed E-state index contributed by atoms with van der Waals surface area (Å²) < 4.78 is 0. The number of rotatable bonds is 6. The summed E-state index contributed by atoms with van der Waals surface area (Å²) in [5, 5.41) is 6.66. The van der Waals surface area contributed by atoms with E-state index >= 15 is 0 Å².